The van der Waals surface area contributed by atoms with Gasteiger partial charge in [0.25, 0.3) is 0 Å². The molecule has 1 aromatic rings. The van der Waals surface area contributed by atoms with E-state index in [1.807, 2.05) is 31.2 Å². The van der Waals surface area contributed by atoms with Gasteiger partial charge in [-0.2, -0.15) is 0 Å². The predicted molar refractivity (Wildman–Crippen MR) is 97.0 cm³/mol. The highest BCUT2D eigenvalue weighted by Crippen LogP contribution is 2.23. The molecule has 0 aliphatic carbocycles. The van der Waals surface area contributed by atoms with Gasteiger partial charge in [0, 0.05) is 0 Å². The highest BCUT2D eigenvalue weighted by atomic mass is 16.5. The molecule has 0 saturated carbocycles. The van der Waals surface area contributed by atoms with Crippen LogP contribution in [0.5, 0.6) is 5.75 Å². The number of unbranched alkanes of at least 4 members (excludes halogenated alkanes) is 4. The maximum atomic E-state index is 12.0. The van der Waals surface area contributed by atoms with Gasteiger partial charge in [-0.15, -0.1) is 0 Å². The van der Waals surface area contributed by atoms with E-state index >= 15 is 0 Å². The summed E-state index contributed by atoms with van der Waals surface area (Å²) in [5.74, 6) is 0.619. The molecule has 0 aliphatic heterocycles. The smallest absolute Gasteiger partial charge is 0.238 e. The minimum atomic E-state index is -0.0510. The number of amides is 1. The van der Waals surface area contributed by atoms with Crippen LogP contribution in [-0.4, -0.2) is 25.6 Å². The van der Waals surface area contributed by atoms with E-state index in [9.17, 15) is 4.79 Å². The summed E-state index contributed by atoms with van der Waals surface area (Å²) < 4.78 is 5.65. The average Bonchev–Trinajstić information content (AvgIpc) is 2.53. The zero-order chi connectivity index (χ0) is 16.9. The van der Waals surface area contributed by atoms with Crippen LogP contribution in [0.3, 0.4) is 0 Å². The maximum absolute atomic E-state index is 12.0. The van der Waals surface area contributed by atoms with Crippen molar-refractivity contribution in [2.24, 2.45) is 0 Å². The van der Waals surface area contributed by atoms with Gasteiger partial charge in [0.15, 0.2) is 0 Å². The summed E-state index contributed by atoms with van der Waals surface area (Å²) in [5, 5.41) is 6.07. The van der Waals surface area contributed by atoms with Gasteiger partial charge in [0.2, 0.25) is 5.91 Å². The fraction of sp³-hybridized carbons (Fsp3) is 0.526. The van der Waals surface area contributed by atoms with E-state index in [2.05, 4.69) is 24.1 Å². The first-order chi connectivity index (χ1) is 11.1. The van der Waals surface area contributed by atoms with Gasteiger partial charge < -0.3 is 15.4 Å². The Balaban J connectivity index is 2.29. The van der Waals surface area contributed by atoms with Crippen LogP contribution in [0.15, 0.2) is 36.4 Å². The zero-order valence-electron chi connectivity index (χ0n) is 14.5. The lowest BCUT2D eigenvalue weighted by Crippen LogP contribution is -2.28. The van der Waals surface area contributed by atoms with Crippen LogP contribution in [0, 0.1) is 0 Å². The van der Waals surface area contributed by atoms with Crippen LogP contribution >= 0.6 is 0 Å². The number of ether oxygens (including phenoxy) is 1. The number of carbonyl (C=O) groups is 1. The van der Waals surface area contributed by atoms with E-state index in [1.165, 1.54) is 25.7 Å². The van der Waals surface area contributed by atoms with Crippen LogP contribution in [0.25, 0.3) is 0 Å². The molecule has 0 spiro atoms. The SMILES string of the molecule is C=C(C)COc1ccccc1NC(=O)CNCCCCCCC. The summed E-state index contributed by atoms with van der Waals surface area (Å²) in [6.45, 7) is 9.58. The second kappa shape index (κ2) is 11.7. The van der Waals surface area contributed by atoms with Gasteiger partial charge in [-0.05, 0) is 37.6 Å². The second-order valence-electron chi connectivity index (χ2n) is 5.88. The zero-order valence-corrected chi connectivity index (χ0v) is 14.5. The average molecular weight is 318 g/mol. The first kappa shape index (κ1) is 19.2. The van der Waals surface area contributed by atoms with Gasteiger partial charge in [-0.1, -0.05) is 51.3 Å². The van der Waals surface area contributed by atoms with Gasteiger partial charge in [-0.3, -0.25) is 4.79 Å². The summed E-state index contributed by atoms with van der Waals surface area (Å²) in [4.78, 5) is 12.0. The Morgan fingerprint density at radius 3 is 2.65 bits per heavy atom. The molecule has 128 valence electrons. The van der Waals surface area contributed by atoms with Gasteiger partial charge >= 0.3 is 0 Å². The van der Waals surface area contributed by atoms with Gasteiger partial charge in [0.1, 0.15) is 12.4 Å². The third-order valence-electron chi connectivity index (χ3n) is 3.38. The molecule has 0 heterocycles. The number of anilines is 1. The lowest BCUT2D eigenvalue weighted by Gasteiger charge is -2.12. The molecule has 0 fully saturated rings. The maximum Gasteiger partial charge on any atom is 0.238 e. The van der Waals surface area contributed by atoms with Crippen LogP contribution in [-0.2, 0) is 4.79 Å². The normalized spacial score (nSPS) is 10.3. The van der Waals surface area contributed by atoms with Crippen LogP contribution in [0.1, 0.15) is 46.0 Å². The Labute approximate surface area is 140 Å². The molecule has 0 aromatic heterocycles. The Morgan fingerprint density at radius 1 is 1.17 bits per heavy atom. The summed E-state index contributed by atoms with van der Waals surface area (Å²) >= 11 is 0. The first-order valence-electron chi connectivity index (χ1n) is 8.50. The van der Waals surface area contributed by atoms with E-state index in [1.54, 1.807) is 0 Å². The Morgan fingerprint density at radius 2 is 1.91 bits per heavy atom. The lowest BCUT2D eigenvalue weighted by molar-refractivity contribution is -0.115. The molecule has 0 radical (unpaired) electrons. The summed E-state index contributed by atoms with van der Waals surface area (Å²) in [5.41, 5.74) is 1.64. The van der Waals surface area contributed by atoms with E-state index in [0.29, 0.717) is 24.6 Å². The number of hydrogen-bond acceptors (Lipinski definition) is 3. The van der Waals surface area contributed by atoms with Crippen LogP contribution in [0.2, 0.25) is 0 Å². The van der Waals surface area contributed by atoms with E-state index in [-0.39, 0.29) is 5.91 Å². The van der Waals surface area contributed by atoms with Crippen molar-refractivity contribution in [1.29, 1.82) is 0 Å². The topological polar surface area (TPSA) is 50.4 Å². The Kier molecular flexibility index (Phi) is 9.80. The summed E-state index contributed by atoms with van der Waals surface area (Å²) in [7, 11) is 0. The van der Waals surface area contributed by atoms with Crippen molar-refractivity contribution in [3.63, 3.8) is 0 Å². The minimum absolute atomic E-state index is 0.0510. The lowest BCUT2D eigenvalue weighted by atomic mass is 10.1. The van der Waals surface area contributed by atoms with Gasteiger partial charge in [0.05, 0.1) is 12.2 Å². The summed E-state index contributed by atoms with van der Waals surface area (Å²) in [6, 6.07) is 7.46. The predicted octanol–water partition coefficient (Wildman–Crippen LogP) is 4.14. The molecule has 23 heavy (non-hydrogen) atoms. The van der Waals surface area contributed by atoms with Crippen molar-refractivity contribution in [3.8, 4) is 5.75 Å². The van der Waals surface area contributed by atoms with E-state index < -0.39 is 0 Å². The molecule has 0 bridgehead atoms. The van der Waals surface area contributed by atoms with E-state index in [0.717, 1.165) is 18.5 Å². The molecular formula is C19H30N2O2. The molecule has 4 heteroatoms. The number of nitrogens with one attached hydrogen (secondary N) is 2. The molecule has 4 nitrogen and oxygen atoms in total. The molecule has 0 saturated heterocycles. The van der Waals surface area contributed by atoms with Crippen LogP contribution < -0.4 is 15.4 Å². The minimum Gasteiger partial charge on any atom is -0.487 e. The number of rotatable bonds is 12. The monoisotopic (exact) mass is 318 g/mol. The first-order valence-corrected chi connectivity index (χ1v) is 8.50. The van der Waals surface area contributed by atoms with Crippen molar-refractivity contribution in [3.05, 3.63) is 36.4 Å². The quantitative estimate of drug-likeness (QED) is 0.450. The number of carbonyl (C=O) groups excluding carboxylic acids is 1. The third-order valence-corrected chi connectivity index (χ3v) is 3.38. The Hall–Kier alpha value is -1.81. The molecule has 2 N–H and O–H groups in total. The fourth-order valence-electron chi connectivity index (χ4n) is 2.15. The van der Waals surface area contributed by atoms with E-state index in [4.69, 9.17) is 4.74 Å². The van der Waals surface area contributed by atoms with Crippen molar-refractivity contribution in [2.45, 2.75) is 46.0 Å². The molecule has 1 amide bonds. The van der Waals surface area contributed by atoms with Crippen molar-refractivity contribution in [2.75, 3.05) is 25.0 Å². The molecule has 0 unspecified atom stereocenters. The molecule has 1 aromatic carbocycles. The highest BCUT2D eigenvalue weighted by molar-refractivity contribution is 5.93. The molecular weight excluding hydrogens is 288 g/mol. The summed E-state index contributed by atoms with van der Waals surface area (Å²) in [6.07, 6.45) is 6.16. The molecule has 0 atom stereocenters. The number of para-hydroxylation sites is 2. The highest BCUT2D eigenvalue weighted by Gasteiger charge is 2.07. The standard InChI is InChI=1S/C19H30N2O2/c1-4-5-6-7-10-13-20-14-19(22)21-17-11-8-9-12-18(17)23-15-16(2)3/h8-9,11-12,20H,2,4-7,10,13-15H2,1,3H3,(H,21,22). The van der Waals surface area contributed by atoms with Crippen LogP contribution in [0.4, 0.5) is 5.69 Å². The fourth-order valence-corrected chi connectivity index (χ4v) is 2.15. The van der Waals surface area contributed by atoms with Crippen molar-refractivity contribution >= 4 is 11.6 Å². The third kappa shape index (κ3) is 9.04. The molecule has 1 rings (SSSR count). The van der Waals surface area contributed by atoms with Crippen molar-refractivity contribution < 1.29 is 9.53 Å². The Bertz CT molecular complexity index is 486. The van der Waals surface area contributed by atoms with Crippen molar-refractivity contribution in [1.82, 2.24) is 5.32 Å². The largest absolute Gasteiger partial charge is 0.487 e. The second-order valence-corrected chi connectivity index (χ2v) is 5.88. The number of hydrogen-bond donors (Lipinski definition) is 2. The van der Waals surface area contributed by atoms with Gasteiger partial charge in [-0.25, -0.2) is 0 Å². The molecule has 0 aliphatic rings. The number of benzene rings is 1.